The van der Waals surface area contributed by atoms with Gasteiger partial charge in [-0.25, -0.2) is 0 Å². The molecule has 0 amide bonds. The second-order valence-corrected chi connectivity index (χ2v) is 9.63. The number of Topliss-reactive ketones (excluding diaryl/α,β-unsaturated/α-hetero) is 1. The number of ketones is 1. The first kappa shape index (κ1) is 25.3. The molecule has 2 aliphatic heterocycles. The van der Waals surface area contributed by atoms with Gasteiger partial charge < -0.3 is 23.7 Å². The average molecular weight is 503 g/mol. The minimum Gasteiger partial charge on any atom is -0.456 e. The van der Waals surface area contributed by atoms with Gasteiger partial charge in [0.25, 0.3) is 0 Å². The Bertz CT molecular complexity index is 1130. The molecule has 0 bridgehead atoms. The molecule has 0 saturated carbocycles. The Morgan fingerprint density at radius 2 is 1.30 bits per heavy atom. The quantitative estimate of drug-likeness (QED) is 0.334. The lowest BCUT2D eigenvalue weighted by Crippen LogP contribution is -2.44. The van der Waals surface area contributed by atoms with Gasteiger partial charge in [0.05, 0.1) is 0 Å². The van der Waals surface area contributed by atoms with Crippen LogP contribution in [-0.2, 0) is 38.9 Å². The Kier molecular flexibility index (Phi) is 6.96. The molecule has 2 saturated heterocycles. The van der Waals surface area contributed by atoms with Crippen molar-refractivity contribution in [1.29, 1.82) is 0 Å². The zero-order valence-electron chi connectivity index (χ0n) is 21.0. The second kappa shape index (κ2) is 10.2. The molecule has 2 aliphatic rings. The fourth-order valence-electron chi connectivity index (χ4n) is 5.09. The van der Waals surface area contributed by atoms with E-state index in [1.807, 2.05) is 91.0 Å². The summed E-state index contributed by atoms with van der Waals surface area (Å²) >= 11 is 0. The van der Waals surface area contributed by atoms with Gasteiger partial charge in [0.1, 0.15) is 12.2 Å². The monoisotopic (exact) mass is 502 g/mol. The summed E-state index contributed by atoms with van der Waals surface area (Å²) < 4.78 is 29.7. The van der Waals surface area contributed by atoms with Crippen molar-refractivity contribution in [2.45, 2.75) is 56.8 Å². The van der Waals surface area contributed by atoms with Crippen molar-refractivity contribution < 1.29 is 33.3 Å². The Morgan fingerprint density at radius 3 is 1.76 bits per heavy atom. The number of esters is 1. The van der Waals surface area contributed by atoms with Gasteiger partial charge in [0, 0.05) is 6.92 Å². The zero-order valence-corrected chi connectivity index (χ0v) is 21.0. The molecule has 0 N–H and O–H groups in total. The topological polar surface area (TPSA) is 80.3 Å². The largest absolute Gasteiger partial charge is 0.456 e. The van der Waals surface area contributed by atoms with Crippen LogP contribution >= 0.6 is 0 Å². The van der Waals surface area contributed by atoms with Crippen LogP contribution in [0.4, 0.5) is 0 Å². The molecule has 0 aromatic heterocycles. The number of hydrogen-bond acceptors (Lipinski definition) is 7. The normalized spacial score (nSPS) is 24.4. The van der Waals surface area contributed by atoms with Crippen LogP contribution in [0.2, 0.25) is 0 Å². The van der Waals surface area contributed by atoms with Gasteiger partial charge in [-0.15, -0.1) is 0 Å². The highest BCUT2D eigenvalue weighted by Crippen LogP contribution is 2.42. The highest BCUT2D eigenvalue weighted by atomic mass is 16.8. The van der Waals surface area contributed by atoms with Gasteiger partial charge in [-0.1, -0.05) is 91.0 Å². The molecule has 7 heteroatoms. The van der Waals surface area contributed by atoms with Crippen LogP contribution in [0.3, 0.4) is 0 Å². The Balaban J connectivity index is 1.49. The minimum absolute atomic E-state index is 0.302. The molecule has 0 spiro atoms. The summed E-state index contributed by atoms with van der Waals surface area (Å²) in [5.74, 6) is -1.83. The van der Waals surface area contributed by atoms with Crippen LogP contribution in [0.15, 0.2) is 91.0 Å². The lowest BCUT2D eigenvalue weighted by atomic mass is 9.80. The van der Waals surface area contributed by atoms with Crippen molar-refractivity contribution in [1.82, 2.24) is 0 Å². The molecular formula is C30H30O7. The minimum atomic E-state index is -1.09. The van der Waals surface area contributed by atoms with Crippen LogP contribution in [-0.4, -0.2) is 48.7 Å². The van der Waals surface area contributed by atoms with E-state index in [-0.39, 0.29) is 12.4 Å². The van der Waals surface area contributed by atoms with Crippen LogP contribution < -0.4 is 0 Å². The number of hydrogen-bond donors (Lipinski definition) is 0. The maximum absolute atomic E-state index is 13.6. The van der Waals surface area contributed by atoms with E-state index in [4.69, 9.17) is 23.7 Å². The third-order valence-corrected chi connectivity index (χ3v) is 6.58. The maximum Gasteiger partial charge on any atom is 0.303 e. The summed E-state index contributed by atoms with van der Waals surface area (Å²) in [6.07, 6.45) is -3.57. The molecule has 0 radical (unpaired) electrons. The van der Waals surface area contributed by atoms with E-state index in [2.05, 4.69) is 0 Å². The number of fused-ring (bicyclic) bond motifs is 1. The number of rotatable bonds is 8. The molecule has 5 rings (SSSR count). The molecule has 0 unspecified atom stereocenters. The SMILES string of the molecule is CC(=O)O[C@H]1[C@@H]2OC(C)(C)O[C@H]2O[C@H]1C(=O)COC(c1ccccc1)(c1ccccc1)c1ccccc1. The third-order valence-electron chi connectivity index (χ3n) is 6.58. The van der Waals surface area contributed by atoms with Crippen molar-refractivity contribution in [3.05, 3.63) is 108 Å². The van der Waals surface area contributed by atoms with Crippen molar-refractivity contribution in [3.8, 4) is 0 Å². The van der Waals surface area contributed by atoms with E-state index >= 15 is 0 Å². The Hall–Kier alpha value is -3.36. The molecule has 7 nitrogen and oxygen atoms in total. The van der Waals surface area contributed by atoms with Gasteiger partial charge in [-0.3, -0.25) is 9.59 Å². The van der Waals surface area contributed by atoms with Gasteiger partial charge in [-0.05, 0) is 30.5 Å². The average Bonchev–Trinajstić information content (AvgIpc) is 3.38. The first-order valence-corrected chi connectivity index (χ1v) is 12.3. The van der Waals surface area contributed by atoms with Crippen LogP contribution in [0.5, 0.6) is 0 Å². The van der Waals surface area contributed by atoms with E-state index in [1.54, 1.807) is 13.8 Å². The smallest absolute Gasteiger partial charge is 0.303 e. The Morgan fingerprint density at radius 1 is 0.811 bits per heavy atom. The van der Waals surface area contributed by atoms with Crippen molar-refractivity contribution in [2.75, 3.05) is 6.61 Å². The molecule has 192 valence electrons. The molecule has 2 heterocycles. The van der Waals surface area contributed by atoms with Crippen LogP contribution in [0.1, 0.15) is 37.5 Å². The fourth-order valence-corrected chi connectivity index (χ4v) is 5.09. The molecular weight excluding hydrogens is 472 g/mol. The second-order valence-electron chi connectivity index (χ2n) is 9.63. The van der Waals surface area contributed by atoms with E-state index in [9.17, 15) is 9.59 Å². The van der Waals surface area contributed by atoms with E-state index < -0.39 is 42.0 Å². The van der Waals surface area contributed by atoms with Crippen molar-refractivity contribution in [2.24, 2.45) is 0 Å². The number of carbonyl (C=O) groups is 2. The lowest BCUT2D eigenvalue weighted by Gasteiger charge is -2.36. The predicted octanol–water partition coefficient (Wildman–Crippen LogP) is 4.37. The van der Waals surface area contributed by atoms with E-state index in [0.717, 1.165) is 16.7 Å². The molecule has 3 aromatic rings. The fraction of sp³-hybridized carbons (Fsp3) is 0.333. The Labute approximate surface area is 216 Å². The number of benzene rings is 3. The van der Waals surface area contributed by atoms with Crippen molar-refractivity contribution >= 4 is 11.8 Å². The van der Waals surface area contributed by atoms with Crippen LogP contribution in [0, 0.1) is 0 Å². The first-order chi connectivity index (χ1) is 17.8. The van der Waals surface area contributed by atoms with Gasteiger partial charge in [-0.2, -0.15) is 0 Å². The zero-order chi connectivity index (χ0) is 26.0. The molecule has 37 heavy (non-hydrogen) atoms. The van der Waals surface area contributed by atoms with Gasteiger partial charge in [0.2, 0.25) is 0 Å². The van der Waals surface area contributed by atoms with E-state index in [0.29, 0.717) is 0 Å². The molecule has 4 atom stereocenters. The third kappa shape index (κ3) is 4.95. The predicted molar refractivity (Wildman–Crippen MR) is 134 cm³/mol. The molecule has 0 aliphatic carbocycles. The summed E-state index contributed by atoms with van der Waals surface area (Å²) in [5, 5.41) is 0. The number of ether oxygens (including phenoxy) is 5. The van der Waals surface area contributed by atoms with Crippen molar-refractivity contribution in [3.63, 3.8) is 0 Å². The van der Waals surface area contributed by atoms with Crippen LogP contribution in [0.25, 0.3) is 0 Å². The standard InChI is InChI=1S/C30H30O7/c1-20(31)34-26-25(35-28-27(26)36-29(2,3)37-28)24(32)19-33-30(21-13-7-4-8-14-21,22-15-9-5-10-16-22)23-17-11-6-12-18-23/h4-18,25-28H,19H2,1-3H3/t25-,26+,27-,28+/m0/s1. The number of carbonyl (C=O) groups excluding carboxylic acids is 2. The summed E-state index contributed by atoms with van der Waals surface area (Å²) in [4.78, 5) is 25.5. The summed E-state index contributed by atoms with van der Waals surface area (Å²) in [6, 6.07) is 29.3. The highest BCUT2D eigenvalue weighted by molar-refractivity contribution is 5.86. The summed E-state index contributed by atoms with van der Waals surface area (Å²) in [6.45, 7) is 4.47. The highest BCUT2D eigenvalue weighted by Gasteiger charge is 2.58. The summed E-state index contributed by atoms with van der Waals surface area (Å²) in [7, 11) is 0. The lowest BCUT2D eigenvalue weighted by molar-refractivity contribution is -0.218. The molecule has 2 fully saturated rings. The summed E-state index contributed by atoms with van der Waals surface area (Å²) in [5.41, 5.74) is 1.54. The van der Waals surface area contributed by atoms with Gasteiger partial charge >= 0.3 is 5.97 Å². The maximum atomic E-state index is 13.6. The first-order valence-electron chi connectivity index (χ1n) is 12.3. The van der Waals surface area contributed by atoms with E-state index in [1.165, 1.54) is 6.92 Å². The van der Waals surface area contributed by atoms with Gasteiger partial charge in [0.15, 0.2) is 36.2 Å². The molecule has 3 aromatic carbocycles.